The number of pyridine rings is 1. The molecule has 1 fully saturated rings. The highest BCUT2D eigenvalue weighted by Gasteiger charge is 2.30. The molecule has 1 aliphatic rings. The standard InChI is InChI=1S/C18H24N6O2S/c1-3-20-15(25)11-23(4-2)16(26)12-27-18-22-21-17(24(18)14-7-8-14)13-6-5-9-19-10-13/h5-6,9-10,14H,3-4,7-8,11-12H2,1-2H3,(H,20,25). The van der Waals surface area contributed by atoms with Crippen LogP contribution in [0.15, 0.2) is 29.7 Å². The molecule has 1 aliphatic carbocycles. The highest BCUT2D eigenvalue weighted by molar-refractivity contribution is 7.99. The van der Waals surface area contributed by atoms with E-state index in [0.29, 0.717) is 19.1 Å². The van der Waals surface area contributed by atoms with E-state index in [0.717, 1.165) is 29.4 Å². The second kappa shape index (κ2) is 8.98. The van der Waals surface area contributed by atoms with E-state index in [9.17, 15) is 9.59 Å². The number of hydrogen-bond acceptors (Lipinski definition) is 6. The van der Waals surface area contributed by atoms with Crippen molar-refractivity contribution >= 4 is 23.6 Å². The van der Waals surface area contributed by atoms with E-state index >= 15 is 0 Å². The van der Waals surface area contributed by atoms with Crippen LogP contribution in [0, 0.1) is 0 Å². The summed E-state index contributed by atoms with van der Waals surface area (Å²) in [7, 11) is 0. The monoisotopic (exact) mass is 388 g/mol. The summed E-state index contributed by atoms with van der Waals surface area (Å²) in [5.74, 6) is 0.792. The van der Waals surface area contributed by atoms with Crippen molar-refractivity contribution in [2.24, 2.45) is 0 Å². The van der Waals surface area contributed by atoms with Gasteiger partial charge in [-0.25, -0.2) is 0 Å². The van der Waals surface area contributed by atoms with Crippen LogP contribution in [0.3, 0.4) is 0 Å². The van der Waals surface area contributed by atoms with Crippen molar-refractivity contribution in [3.05, 3.63) is 24.5 Å². The first kappa shape index (κ1) is 19.3. The average molecular weight is 388 g/mol. The van der Waals surface area contributed by atoms with Gasteiger partial charge >= 0.3 is 0 Å². The fraction of sp³-hybridized carbons (Fsp3) is 0.500. The molecule has 0 spiro atoms. The van der Waals surface area contributed by atoms with Gasteiger partial charge in [0.2, 0.25) is 11.8 Å². The highest BCUT2D eigenvalue weighted by Crippen LogP contribution is 2.40. The van der Waals surface area contributed by atoms with E-state index in [1.807, 2.05) is 26.0 Å². The van der Waals surface area contributed by atoms with Crippen molar-refractivity contribution in [2.75, 3.05) is 25.4 Å². The van der Waals surface area contributed by atoms with Crippen LogP contribution in [0.4, 0.5) is 0 Å². The molecule has 0 radical (unpaired) electrons. The fourth-order valence-corrected chi connectivity index (χ4v) is 3.66. The van der Waals surface area contributed by atoms with Gasteiger partial charge in [-0.2, -0.15) is 0 Å². The molecule has 2 heterocycles. The van der Waals surface area contributed by atoms with Crippen molar-refractivity contribution < 1.29 is 9.59 Å². The molecule has 0 bridgehead atoms. The quantitative estimate of drug-likeness (QED) is 0.658. The van der Waals surface area contributed by atoms with Gasteiger partial charge in [0.15, 0.2) is 11.0 Å². The molecule has 2 amide bonds. The van der Waals surface area contributed by atoms with Crippen LogP contribution < -0.4 is 5.32 Å². The summed E-state index contributed by atoms with van der Waals surface area (Å²) in [6.07, 6.45) is 5.67. The van der Waals surface area contributed by atoms with Gasteiger partial charge in [0.05, 0.1) is 12.3 Å². The Morgan fingerprint density at radius 1 is 1.33 bits per heavy atom. The first-order valence-corrected chi connectivity index (χ1v) is 10.1. The van der Waals surface area contributed by atoms with Crippen LogP contribution in [-0.4, -0.2) is 61.8 Å². The molecule has 0 unspecified atom stereocenters. The first-order chi connectivity index (χ1) is 13.1. The number of aromatic nitrogens is 4. The first-order valence-electron chi connectivity index (χ1n) is 9.16. The summed E-state index contributed by atoms with van der Waals surface area (Å²) in [6.45, 7) is 4.86. The van der Waals surface area contributed by atoms with Crippen molar-refractivity contribution in [3.8, 4) is 11.4 Å². The lowest BCUT2D eigenvalue weighted by Gasteiger charge is -2.20. The Hall–Kier alpha value is -2.42. The number of rotatable bonds is 9. The van der Waals surface area contributed by atoms with Crippen molar-refractivity contribution in [1.82, 2.24) is 30.0 Å². The number of carbonyl (C=O) groups excluding carboxylic acids is 2. The molecule has 27 heavy (non-hydrogen) atoms. The summed E-state index contributed by atoms with van der Waals surface area (Å²) in [5.41, 5.74) is 0.918. The van der Waals surface area contributed by atoms with Gasteiger partial charge in [-0.15, -0.1) is 10.2 Å². The maximum absolute atomic E-state index is 12.5. The molecule has 0 aliphatic heterocycles. The van der Waals surface area contributed by atoms with E-state index in [2.05, 4.69) is 25.1 Å². The molecule has 0 aromatic carbocycles. The zero-order valence-electron chi connectivity index (χ0n) is 15.6. The van der Waals surface area contributed by atoms with Crippen LogP contribution in [0.1, 0.15) is 32.7 Å². The zero-order valence-corrected chi connectivity index (χ0v) is 16.4. The van der Waals surface area contributed by atoms with Crippen molar-refractivity contribution in [2.45, 2.75) is 37.9 Å². The largest absolute Gasteiger partial charge is 0.355 e. The summed E-state index contributed by atoms with van der Waals surface area (Å²) >= 11 is 1.37. The van der Waals surface area contributed by atoms with E-state index in [4.69, 9.17) is 0 Å². The second-order valence-electron chi connectivity index (χ2n) is 6.30. The van der Waals surface area contributed by atoms with Crippen LogP contribution >= 0.6 is 11.8 Å². The molecule has 1 saturated carbocycles. The third-order valence-corrected chi connectivity index (χ3v) is 5.19. The molecular weight excluding hydrogens is 364 g/mol. The van der Waals surface area contributed by atoms with Crippen LogP contribution in [0.25, 0.3) is 11.4 Å². The Labute approximate surface area is 162 Å². The number of thioether (sulfide) groups is 1. The Kier molecular flexibility index (Phi) is 6.44. The van der Waals surface area contributed by atoms with E-state index < -0.39 is 0 Å². The predicted octanol–water partition coefficient (Wildman–Crippen LogP) is 1.75. The zero-order chi connectivity index (χ0) is 19.2. The van der Waals surface area contributed by atoms with E-state index in [1.54, 1.807) is 17.3 Å². The smallest absolute Gasteiger partial charge is 0.239 e. The Morgan fingerprint density at radius 2 is 2.15 bits per heavy atom. The molecule has 144 valence electrons. The normalized spacial score (nSPS) is 13.4. The molecule has 0 atom stereocenters. The van der Waals surface area contributed by atoms with Crippen molar-refractivity contribution in [1.29, 1.82) is 0 Å². The number of nitrogens with zero attached hydrogens (tertiary/aromatic N) is 5. The number of nitrogens with one attached hydrogen (secondary N) is 1. The minimum absolute atomic E-state index is 0.0815. The van der Waals surface area contributed by atoms with Gasteiger partial charge in [0, 0.05) is 37.1 Å². The maximum atomic E-state index is 12.5. The predicted molar refractivity (Wildman–Crippen MR) is 103 cm³/mol. The molecule has 2 aromatic heterocycles. The molecule has 8 nitrogen and oxygen atoms in total. The summed E-state index contributed by atoms with van der Waals surface area (Å²) < 4.78 is 2.11. The lowest BCUT2D eigenvalue weighted by Crippen LogP contribution is -2.41. The second-order valence-corrected chi connectivity index (χ2v) is 7.24. The summed E-state index contributed by atoms with van der Waals surface area (Å²) in [4.78, 5) is 30.0. The maximum Gasteiger partial charge on any atom is 0.239 e. The summed E-state index contributed by atoms with van der Waals surface area (Å²) in [5, 5.41) is 12.1. The molecule has 9 heteroatoms. The van der Waals surface area contributed by atoms with Gasteiger partial charge in [-0.3, -0.25) is 19.1 Å². The molecule has 0 saturated heterocycles. The number of amides is 2. The van der Waals surface area contributed by atoms with E-state index in [-0.39, 0.29) is 24.1 Å². The minimum Gasteiger partial charge on any atom is -0.355 e. The van der Waals surface area contributed by atoms with Crippen LogP contribution in [0.5, 0.6) is 0 Å². The highest BCUT2D eigenvalue weighted by atomic mass is 32.2. The number of carbonyl (C=O) groups is 2. The Balaban J connectivity index is 1.68. The van der Waals surface area contributed by atoms with Gasteiger partial charge in [-0.05, 0) is 38.8 Å². The number of hydrogen-bond donors (Lipinski definition) is 1. The Morgan fingerprint density at radius 3 is 2.78 bits per heavy atom. The molecule has 1 N–H and O–H groups in total. The SMILES string of the molecule is CCNC(=O)CN(CC)C(=O)CSc1nnc(-c2cccnc2)n1C1CC1. The van der Waals surface area contributed by atoms with Crippen LogP contribution in [-0.2, 0) is 9.59 Å². The lowest BCUT2D eigenvalue weighted by molar-refractivity contribution is -0.133. The average Bonchev–Trinajstić information content (AvgIpc) is 3.44. The molecule has 2 aromatic rings. The molecular formula is C18H24N6O2S. The van der Waals surface area contributed by atoms with Gasteiger partial charge in [0.25, 0.3) is 0 Å². The topological polar surface area (TPSA) is 93.0 Å². The van der Waals surface area contributed by atoms with Crippen LogP contribution in [0.2, 0.25) is 0 Å². The lowest BCUT2D eigenvalue weighted by atomic mass is 10.3. The van der Waals surface area contributed by atoms with E-state index in [1.165, 1.54) is 11.8 Å². The van der Waals surface area contributed by atoms with Crippen molar-refractivity contribution in [3.63, 3.8) is 0 Å². The number of likely N-dealkylation sites (N-methyl/N-ethyl adjacent to an activating group) is 2. The Bertz CT molecular complexity index is 790. The summed E-state index contributed by atoms with van der Waals surface area (Å²) in [6, 6.07) is 4.21. The minimum atomic E-state index is -0.141. The third kappa shape index (κ3) is 4.85. The van der Waals surface area contributed by atoms with Gasteiger partial charge in [-0.1, -0.05) is 11.8 Å². The molecule has 3 rings (SSSR count). The van der Waals surface area contributed by atoms with Gasteiger partial charge in [0.1, 0.15) is 0 Å². The van der Waals surface area contributed by atoms with Gasteiger partial charge < -0.3 is 10.2 Å². The third-order valence-electron chi connectivity index (χ3n) is 4.26. The fourth-order valence-electron chi connectivity index (χ4n) is 2.75.